The van der Waals surface area contributed by atoms with Gasteiger partial charge in [-0.1, -0.05) is 34.1 Å². The summed E-state index contributed by atoms with van der Waals surface area (Å²) in [6, 6.07) is 14.5. The van der Waals surface area contributed by atoms with Crippen molar-refractivity contribution in [3.8, 4) is 11.3 Å². The van der Waals surface area contributed by atoms with Crippen LogP contribution >= 0.6 is 27.3 Å². The molecule has 0 amide bonds. The van der Waals surface area contributed by atoms with E-state index in [0.717, 1.165) is 27.1 Å². The Labute approximate surface area is 151 Å². The summed E-state index contributed by atoms with van der Waals surface area (Å²) in [5, 5.41) is 13.0. The van der Waals surface area contributed by atoms with E-state index in [1.54, 1.807) is 12.1 Å². The lowest BCUT2D eigenvalue weighted by Crippen LogP contribution is -2.14. The summed E-state index contributed by atoms with van der Waals surface area (Å²) in [7, 11) is 0. The molecule has 122 valence electrons. The van der Waals surface area contributed by atoms with Crippen molar-refractivity contribution in [2.45, 2.75) is 13.5 Å². The first-order valence-corrected chi connectivity index (χ1v) is 8.99. The van der Waals surface area contributed by atoms with Gasteiger partial charge in [-0.3, -0.25) is 10.1 Å². The highest BCUT2D eigenvalue weighted by Gasteiger charge is 2.08. The van der Waals surface area contributed by atoms with Crippen LogP contribution in [-0.2, 0) is 6.54 Å². The lowest BCUT2D eigenvalue weighted by molar-refractivity contribution is -0.384. The zero-order chi connectivity index (χ0) is 17.1. The van der Waals surface area contributed by atoms with Gasteiger partial charge in [-0.05, 0) is 30.7 Å². The molecular weight excluding hydrogens is 390 g/mol. The average Bonchev–Trinajstić information content (AvgIpc) is 2.98. The number of nitrogens with zero attached hydrogens (tertiary/aromatic N) is 3. The molecule has 1 heterocycles. The molecule has 3 aromatic rings. The lowest BCUT2D eigenvalue weighted by Gasteiger charge is -2.06. The van der Waals surface area contributed by atoms with Crippen molar-refractivity contribution in [3.63, 3.8) is 0 Å². The number of non-ortho nitro benzene ring substituents is 1. The third-order valence-corrected chi connectivity index (χ3v) is 4.91. The zero-order valence-corrected chi connectivity index (χ0v) is 15.3. The molecule has 3 rings (SSSR count). The molecule has 0 bridgehead atoms. The summed E-state index contributed by atoms with van der Waals surface area (Å²) < 4.78 is 3.14. The first-order valence-electron chi connectivity index (χ1n) is 7.32. The topological polar surface area (TPSA) is 60.4 Å². The summed E-state index contributed by atoms with van der Waals surface area (Å²) in [5.74, 6) is 0. The molecule has 0 aliphatic rings. The van der Waals surface area contributed by atoms with E-state index in [1.807, 2.05) is 12.1 Å². The maximum atomic E-state index is 10.9. The standard InChI is InChI=1S/C17H14BrN3O2S/c1-2-20-16(12-6-8-13(18)9-7-12)11-24-17(20)19-14-4-3-5-15(10-14)21(22)23/h3-11H,2H2,1H3. The Morgan fingerprint density at radius 2 is 2.00 bits per heavy atom. The van der Waals surface area contributed by atoms with Gasteiger partial charge in [0.25, 0.3) is 5.69 Å². The molecule has 0 spiro atoms. The van der Waals surface area contributed by atoms with Crippen molar-refractivity contribution in [3.05, 3.63) is 73.3 Å². The quantitative estimate of drug-likeness (QED) is 0.447. The van der Waals surface area contributed by atoms with Gasteiger partial charge in [0.15, 0.2) is 4.80 Å². The molecule has 5 nitrogen and oxygen atoms in total. The number of rotatable bonds is 4. The molecular formula is C17H14BrN3O2S. The predicted molar refractivity (Wildman–Crippen MR) is 99.4 cm³/mol. The molecule has 0 unspecified atom stereocenters. The number of nitro groups is 1. The van der Waals surface area contributed by atoms with E-state index in [1.165, 1.54) is 23.5 Å². The first-order chi connectivity index (χ1) is 11.6. The van der Waals surface area contributed by atoms with Crippen molar-refractivity contribution < 1.29 is 4.92 Å². The van der Waals surface area contributed by atoms with Gasteiger partial charge in [-0.15, -0.1) is 11.3 Å². The number of hydrogen-bond acceptors (Lipinski definition) is 4. The molecule has 0 radical (unpaired) electrons. The molecule has 7 heteroatoms. The van der Waals surface area contributed by atoms with Gasteiger partial charge in [0.05, 0.1) is 16.3 Å². The maximum Gasteiger partial charge on any atom is 0.271 e. The number of nitro benzene ring substituents is 1. The number of aromatic nitrogens is 1. The summed E-state index contributed by atoms with van der Waals surface area (Å²) in [6.45, 7) is 2.82. The Hall–Kier alpha value is -2.25. The average molecular weight is 404 g/mol. The fraction of sp³-hybridized carbons (Fsp3) is 0.118. The molecule has 0 atom stereocenters. The van der Waals surface area contributed by atoms with Crippen LogP contribution in [0, 0.1) is 10.1 Å². The van der Waals surface area contributed by atoms with Gasteiger partial charge < -0.3 is 4.57 Å². The lowest BCUT2D eigenvalue weighted by atomic mass is 10.2. The van der Waals surface area contributed by atoms with E-state index in [9.17, 15) is 10.1 Å². The third kappa shape index (κ3) is 3.47. The van der Waals surface area contributed by atoms with E-state index in [2.05, 4.69) is 49.9 Å². The fourth-order valence-electron chi connectivity index (χ4n) is 2.36. The van der Waals surface area contributed by atoms with Crippen LogP contribution in [0.1, 0.15) is 6.92 Å². The highest BCUT2D eigenvalue weighted by atomic mass is 79.9. The van der Waals surface area contributed by atoms with Crippen molar-refractivity contribution in [1.82, 2.24) is 4.57 Å². The van der Waals surface area contributed by atoms with Crippen LogP contribution in [0.4, 0.5) is 11.4 Å². The molecule has 1 aromatic heterocycles. The predicted octanol–water partition coefficient (Wildman–Crippen LogP) is 5.14. The summed E-state index contributed by atoms with van der Waals surface area (Å²) >= 11 is 4.97. The number of hydrogen-bond donors (Lipinski definition) is 0. The minimum absolute atomic E-state index is 0.0454. The Balaban J connectivity index is 2.07. The number of thiazole rings is 1. The molecule has 0 aliphatic carbocycles. The zero-order valence-electron chi connectivity index (χ0n) is 12.8. The Morgan fingerprint density at radius 3 is 2.67 bits per heavy atom. The van der Waals surface area contributed by atoms with Gasteiger partial charge in [0.1, 0.15) is 0 Å². The van der Waals surface area contributed by atoms with Crippen LogP contribution in [-0.4, -0.2) is 9.49 Å². The van der Waals surface area contributed by atoms with Gasteiger partial charge in [0.2, 0.25) is 0 Å². The van der Waals surface area contributed by atoms with Gasteiger partial charge in [-0.25, -0.2) is 4.99 Å². The minimum Gasteiger partial charge on any atom is -0.317 e. The maximum absolute atomic E-state index is 10.9. The monoisotopic (exact) mass is 403 g/mol. The second-order valence-corrected chi connectivity index (χ2v) is 6.80. The largest absolute Gasteiger partial charge is 0.317 e. The summed E-state index contributed by atoms with van der Waals surface area (Å²) in [5.41, 5.74) is 2.82. The molecule has 24 heavy (non-hydrogen) atoms. The molecule has 0 aliphatic heterocycles. The first kappa shape index (κ1) is 16.6. The van der Waals surface area contributed by atoms with E-state index >= 15 is 0 Å². The smallest absolute Gasteiger partial charge is 0.271 e. The molecule has 0 saturated heterocycles. The Kier molecular flexibility index (Phi) is 4.92. The molecule has 2 aromatic carbocycles. The molecule has 0 N–H and O–H groups in total. The molecule has 0 fully saturated rings. The van der Waals surface area contributed by atoms with Crippen molar-refractivity contribution in [2.75, 3.05) is 0 Å². The van der Waals surface area contributed by atoms with E-state index in [-0.39, 0.29) is 5.69 Å². The van der Waals surface area contributed by atoms with Gasteiger partial charge >= 0.3 is 0 Å². The summed E-state index contributed by atoms with van der Waals surface area (Å²) in [6.07, 6.45) is 0. The van der Waals surface area contributed by atoms with Crippen LogP contribution in [0.2, 0.25) is 0 Å². The van der Waals surface area contributed by atoms with Crippen LogP contribution < -0.4 is 4.80 Å². The van der Waals surface area contributed by atoms with E-state index in [0.29, 0.717) is 5.69 Å². The highest BCUT2D eigenvalue weighted by molar-refractivity contribution is 9.10. The van der Waals surface area contributed by atoms with Crippen LogP contribution in [0.5, 0.6) is 0 Å². The minimum atomic E-state index is -0.408. The number of benzene rings is 2. The Morgan fingerprint density at radius 1 is 1.25 bits per heavy atom. The second kappa shape index (κ2) is 7.11. The van der Waals surface area contributed by atoms with Crippen LogP contribution in [0.15, 0.2) is 63.4 Å². The van der Waals surface area contributed by atoms with Crippen LogP contribution in [0.3, 0.4) is 0 Å². The van der Waals surface area contributed by atoms with E-state index < -0.39 is 4.92 Å². The Bertz CT molecular complexity index is 945. The number of halogens is 1. The van der Waals surface area contributed by atoms with Crippen molar-refractivity contribution in [2.24, 2.45) is 4.99 Å². The highest BCUT2D eigenvalue weighted by Crippen LogP contribution is 2.24. The SMILES string of the molecule is CCn1c(-c2ccc(Br)cc2)csc1=Nc1cccc([N+](=O)[O-])c1. The van der Waals surface area contributed by atoms with E-state index in [4.69, 9.17) is 0 Å². The second-order valence-electron chi connectivity index (χ2n) is 5.04. The van der Waals surface area contributed by atoms with Gasteiger partial charge in [0, 0.05) is 28.5 Å². The van der Waals surface area contributed by atoms with Crippen molar-refractivity contribution in [1.29, 1.82) is 0 Å². The summed E-state index contributed by atoms with van der Waals surface area (Å²) in [4.78, 5) is 15.9. The van der Waals surface area contributed by atoms with Crippen molar-refractivity contribution >= 4 is 38.6 Å². The van der Waals surface area contributed by atoms with Crippen LogP contribution in [0.25, 0.3) is 11.3 Å². The fourth-order valence-corrected chi connectivity index (χ4v) is 3.62. The third-order valence-electron chi connectivity index (χ3n) is 3.52. The normalized spacial score (nSPS) is 11.7. The van der Waals surface area contributed by atoms with Gasteiger partial charge in [-0.2, -0.15) is 0 Å². The molecule has 0 saturated carbocycles.